The summed E-state index contributed by atoms with van der Waals surface area (Å²) in [7, 11) is 3.16. The van der Waals surface area contributed by atoms with Gasteiger partial charge >= 0.3 is 18.2 Å². The highest BCUT2D eigenvalue weighted by molar-refractivity contribution is 5.92. The number of carboxylic acid groups (broad SMARTS) is 1. The third kappa shape index (κ3) is 10.8. The lowest BCUT2D eigenvalue weighted by Crippen LogP contribution is -2.49. The number of carbonyl (C=O) groups excluding carboxylic acids is 4. The van der Waals surface area contributed by atoms with Crippen LogP contribution in [0.1, 0.15) is 80.1 Å². The molecule has 13 nitrogen and oxygen atoms in total. The van der Waals surface area contributed by atoms with Crippen LogP contribution in [-0.2, 0) is 23.9 Å². The van der Waals surface area contributed by atoms with Crippen LogP contribution in [0.3, 0.4) is 0 Å². The highest BCUT2D eigenvalue weighted by Crippen LogP contribution is 2.36. The molecule has 3 fully saturated rings. The topological polar surface area (TPSA) is 198 Å². The van der Waals surface area contributed by atoms with Gasteiger partial charge < -0.3 is 41.6 Å². The molecule has 0 aromatic rings. The number of ether oxygens (including phenoxy) is 2. The van der Waals surface area contributed by atoms with Crippen LogP contribution >= 0.6 is 0 Å². The van der Waals surface area contributed by atoms with Gasteiger partial charge in [-0.15, -0.1) is 0 Å². The molecule has 212 valence electrons. The van der Waals surface area contributed by atoms with Crippen LogP contribution in [0.15, 0.2) is 0 Å². The molecule has 37 heavy (non-hydrogen) atoms. The van der Waals surface area contributed by atoms with E-state index in [1.165, 1.54) is 0 Å². The van der Waals surface area contributed by atoms with Crippen molar-refractivity contribution in [1.82, 2.24) is 21.3 Å². The molecule has 3 aliphatic rings. The summed E-state index contributed by atoms with van der Waals surface area (Å²) in [5.41, 5.74) is 2.07. The highest BCUT2D eigenvalue weighted by Gasteiger charge is 2.53. The molecule has 0 saturated heterocycles. The van der Waals surface area contributed by atoms with E-state index in [2.05, 4.69) is 21.3 Å². The molecule has 0 heterocycles. The van der Waals surface area contributed by atoms with Crippen LogP contribution in [0.4, 0.5) is 9.59 Å². The van der Waals surface area contributed by atoms with Gasteiger partial charge in [0.25, 0.3) is 0 Å². The molecule has 4 amide bonds. The monoisotopic (exact) mass is 529 g/mol. The first-order valence-electron chi connectivity index (χ1n) is 12.2. The molecule has 3 rings (SSSR count). The van der Waals surface area contributed by atoms with Gasteiger partial charge in [-0.1, -0.05) is 0 Å². The average molecular weight is 530 g/mol. The minimum Gasteiger partial charge on any atom is -0.480 e. The predicted molar refractivity (Wildman–Crippen MR) is 135 cm³/mol. The molecule has 0 aliphatic heterocycles. The van der Waals surface area contributed by atoms with Crippen molar-refractivity contribution in [3.05, 3.63) is 0 Å². The number of amides is 4. The molecule has 0 radical (unpaired) electrons. The van der Waals surface area contributed by atoms with E-state index >= 15 is 0 Å². The third-order valence-corrected chi connectivity index (χ3v) is 5.52. The zero-order chi connectivity index (χ0) is 28.9. The molecule has 0 unspecified atom stereocenters. The van der Waals surface area contributed by atoms with Gasteiger partial charge in [0.2, 0.25) is 11.8 Å². The van der Waals surface area contributed by atoms with Crippen molar-refractivity contribution in [2.75, 3.05) is 14.1 Å². The zero-order valence-electron chi connectivity index (χ0n) is 23.1. The summed E-state index contributed by atoms with van der Waals surface area (Å²) >= 11 is 0. The lowest BCUT2D eigenvalue weighted by Gasteiger charge is -2.22. The second kappa shape index (κ2) is 11.5. The van der Waals surface area contributed by atoms with Crippen molar-refractivity contribution in [2.45, 2.75) is 108 Å². The van der Waals surface area contributed by atoms with Crippen molar-refractivity contribution in [1.29, 1.82) is 0 Å². The molecule has 0 atom stereocenters. The maximum Gasteiger partial charge on any atom is 0.408 e. The van der Waals surface area contributed by atoms with Gasteiger partial charge in [-0.2, -0.15) is 0 Å². The highest BCUT2D eigenvalue weighted by atomic mass is 16.6. The van der Waals surface area contributed by atoms with Crippen molar-refractivity contribution < 1.29 is 38.6 Å². The van der Waals surface area contributed by atoms with Crippen LogP contribution in [0.2, 0.25) is 0 Å². The van der Waals surface area contributed by atoms with Crippen LogP contribution in [-0.4, -0.2) is 77.0 Å². The molecular weight excluding hydrogens is 486 g/mol. The van der Waals surface area contributed by atoms with E-state index in [9.17, 15) is 24.0 Å². The lowest BCUT2D eigenvalue weighted by atomic mass is 10.2. The Labute approximate surface area is 217 Å². The van der Waals surface area contributed by atoms with Gasteiger partial charge in [-0.25, -0.2) is 14.4 Å². The number of carbonyl (C=O) groups is 5. The van der Waals surface area contributed by atoms with Gasteiger partial charge in [0.15, 0.2) is 0 Å². The Morgan fingerprint density at radius 2 is 1.03 bits per heavy atom. The third-order valence-electron chi connectivity index (χ3n) is 5.52. The van der Waals surface area contributed by atoms with E-state index in [-0.39, 0.29) is 11.8 Å². The van der Waals surface area contributed by atoms with Gasteiger partial charge in [0, 0.05) is 14.1 Å². The van der Waals surface area contributed by atoms with Crippen LogP contribution in [0, 0.1) is 0 Å². The number of nitrogens with one attached hydrogen (secondary N) is 4. The number of carboxylic acids is 1. The number of hydrogen-bond acceptors (Lipinski definition) is 8. The molecule has 0 spiro atoms. The zero-order valence-corrected chi connectivity index (χ0v) is 23.1. The van der Waals surface area contributed by atoms with Gasteiger partial charge in [0.05, 0.1) is 5.54 Å². The molecular formula is C24H43N5O8. The summed E-state index contributed by atoms with van der Waals surface area (Å²) in [4.78, 5) is 55.4. The molecule has 13 heteroatoms. The van der Waals surface area contributed by atoms with Gasteiger partial charge in [-0.05, 0) is 80.1 Å². The quantitative estimate of drug-likeness (QED) is 0.302. The Hall–Kier alpha value is -3.09. The second-order valence-electron chi connectivity index (χ2n) is 11.5. The Morgan fingerprint density at radius 3 is 1.24 bits per heavy atom. The number of aliphatic carboxylic acids is 1. The minimum absolute atomic E-state index is 0.0301. The number of alkyl carbamates (subject to hydrolysis) is 2. The van der Waals surface area contributed by atoms with E-state index in [0.717, 1.165) is 12.8 Å². The van der Waals surface area contributed by atoms with E-state index < -0.39 is 46.0 Å². The average Bonchev–Trinajstić information content (AvgIpc) is 3.60. The number of likely N-dealkylation sites (N-methyl/N-ethyl adjacent to an activating group) is 2. The van der Waals surface area contributed by atoms with Crippen LogP contribution in [0.25, 0.3) is 0 Å². The number of rotatable bonds is 5. The fourth-order valence-corrected chi connectivity index (χ4v) is 2.90. The van der Waals surface area contributed by atoms with E-state index in [1.54, 1.807) is 55.6 Å². The maximum absolute atomic E-state index is 11.4. The number of hydrogen-bond donors (Lipinski definition) is 6. The molecule has 0 aromatic carbocycles. The maximum atomic E-state index is 11.4. The van der Waals surface area contributed by atoms with Crippen molar-refractivity contribution in [3.8, 4) is 0 Å². The number of nitrogens with two attached hydrogens (primary N) is 1. The standard InChI is InChI=1S/C10H18N2O3.C9H15NO4.C5H10N2O/c1-9(2,3)15-8(14)12-10(5-6-10)7(13)11-4;1-8(2,3)14-7(13)10-9(4-5-9)6(11)12;1-7-4(8)5(6)2-3-5/h5-6H2,1-4H3,(H,11,13)(H,12,14);4-5H2,1-3H3,(H,10,13)(H,11,12);2-3,6H2,1H3,(H,7,8). The largest absolute Gasteiger partial charge is 0.480 e. The fraction of sp³-hybridized carbons (Fsp3) is 0.792. The summed E-state index contributed by atoms with van der Waals surface area (Å²) in [6.07, 6.45) is 2.77. The van der Waals surface area contributed by atoms with Crippen molar-refractivity contribution in [3.63, 3.8) is 0 Å². The van der Waals surface area contributed by atoms with Crippen molar-refractivity contribution >= 4 is 30.0 Å². The van der Waals surface area contributed by atoms with E-state index in [0.29, 0.717) is 25.7 Å². The first kappa shape index (κ1) is 31.9. The van der Waals surface area contributed by atoms with Gasteiger partial charge in [0.1, 0.15) is 22.3 Å². The fourth-order valence-electron chi connectivity index (χ4n) is 2.90. The van der Waals surface area contributed by atoms with Crippen LogP contribution < -0.4 is 27.0 Å². The second-order valence-corrected chi connectivity index (χ2v) is 11.5. The minimum atomic E-state index is -1.07. The van der Waals surface area contributed by atoms with E-state index in [1.807, 2.05) is 0 Å². The summed E-state index contributed by atoms with van der Waals surface area (Å²) < 4.78 is 10.0. The lowest BCUT2D eigenvalue weighted by molar-refractivity contribution is -0.140. The van der Waals surface area contributed by atoms with Crippen LogP contribution in [0.5, 0.6) is 0 Å². The first-order chi connectivity index (χ1) is 16.7. The molecule has 7 N–H and O–H groups in total. The summed E-state index contributed by atoms with van der Waals surface area (Å²) in [5, 5.41) is 18.8. The first-order valence-corrected chi connectivity index (χ1v) is 12.2. The molecule has 3 aliphatic carbocycles. The Kier molecular flexibility index (Phi) is 9.95. The normalized spacial score (nSPS) is 19.1. The smallest absolute Gasteiger partial charge is 0.408 e. The van der Waals surface area contributed by atoms with E-state index in [4.69, 9.17) is 20.3 Å². The Balaban J connectivity index is 0.000000290. The summed E-state index contributed by atoms with van der Waals surface area (Å²) in [6, 6.07) is 0. The Morgan fingerprint density at radius 1 is 0.676 bits per heavy atom. The summed E-state index contributed by atoms with van der Waals surface area (Å²) in [5.74, 6) is -1.19. The molecule has 0 bridgehead atoms. The molecule has 0 aromatic heterocycles. The molecule has 3 saturated carbocycles. The van der Waals surface area contributed by atoms with Gasteiger partial charge in [-0.3, -0.25) is 9.59 Å². The Bertz CT molecular complexity index is 879. The summed E-state index contributed by atoms with van der Waals surface area (Å²) in [6.45, 7) is 10.5. The SMILES string of the molecule is CC(C)(C)OC(=O)NC1(C(=O)O)CC1.CNC(=O)C1(N)CC1.CNC(=O)C1(NC(=O)OC(C)(C)C)CC1. The predicted octanol–water partition coefficient (Wildman–Crippen LogP) is 1.14. The van der Waals surface area contributed by atoms with Crippen molar-refractivity contribution in [2.24, 2.45) is 5.73 Å².